The summed E-state index contributed by atoms with van der Waals surface area (Å²) < 4.78 is 0. The zero-order valence-corrected chi connectivity index (χ0v) is 11.9. The summed E-state index contributed by atoms with van der Waals surface area (Å²) in [6.45, 7) is 4.08. The maximum absolute atomic E-state index is 11.8. The normalized spacial score (nSPS) is 18.2. The Hall–Kier alpha value is -1.35. The minimum absolute atomic E-state index is 0.275. The van der Waals surface area contributed by atoms with Gasteiger partial charge in [0, 0.05) is 6.04 Å². The lowest BCUT2D eigenvalue weighted by atomic mass is 9.91. The highest BCUT2D eigenvalue weighted by Gasteiger charge is 2.25. The van der Waals surface area contributed by atoms with Crippen LogP contribution >= 0.6 is 0 Å². The van der Waals surface area contributed by atoms with Gasteiger partial charge in [-0.25, -0.2) is 0 Å². The van der Waals surface area contributed by atoms with E-state index in [1.807, 2.05) is 32.0 Å². The van der Waals surface area contributed by atoms with Crippen LogP contribution in [0, 0.1) is 13.8 Å². The van der Waals surface area contributed by atoms with Crippen LogP contribution in [0.2, 0.25) is 0 Å². The molecule has 0 aliphatic heterocycles. The fourth-order valence-corrected chi connectivity index (χ4v) is 3.10. The minimum atomic E-state index is -0.357. The molecule has 2 rings (SSSR count). The smallest absolute Gasteiger partial charge is 0.239 e. The van der Waals surface area contributed by atoms with Crippen LogP contribution in [0.15, 0.2) is 18.2 Å². The summed E-state index contributed by atoms with van der Waals surface area (Å²) in [4.78, 5) is 11.8. The van der Waals surface area contributed by atoms with Crippen LogP contribution in [-0.4, -0.2) is 11.9 Å². The summed E-state index contributed by atoms with van der Waals surface area (Å²) in [5.74, 6) is -0.275. The van der Waals surface area contributed by atoms with Crippen molar-refractivity contribution in [1.82, 2.24) is 5.32 Å². The molecule has 1 aromatic rings. The molecule has 0 radical (unpaired) electrons. The zero-order valence-electron chi connectivity index (χ0n) is 11.9. The number of hydrogen-bond donors (Lipinski definition) is 2. The second kappa shape index (κ2) is 6.20. The molecule has 1 atom stereocenters. The second-order valence-corrected chi connectivity index (χ2v) is 5.64. The van der Waals surface area contributed by atoms with E-state index in [0.29, 0.717) is 6.04 Å². The van der Waals surface area contributed by atoms with Crippen molar-refractivity contribution in [3.05, 3.63) is 34.9 Å². The number of nitrogens with one attached hydrogen (secondary N) is 1. The number of nitrogens with two attached hydrogens (primary N) is 1. The first-order chi connectivity index (χ1) is 9.09. The Labute approximate surface area is 115 Å². The van der Waals surface area contributed by atoms with Crippen molar-refractivity contribution in [3.8, 4) is 0 Å². The molecule has 3 heteroatoms. The number of hydrogen-bond acceptors (Lipinski definition) is 2. The van der Waals surface area contributed by atoms with Crippen molar-refractivity contribution < 1.29 is 4.79 Å². The van der Waals surface area contributed by atoms with Crippen LogP contribution in [0.4, 0.5) is 0 Å². The zero-order chi connectivity index (χ0) is 13.8. The van der Waals surface area contributed by atoms with E-state index in [0.717, 1.165) is 29.5 Å². The molecule has 104 valence electrons. The van der Waals surface area contributed by atoms with Gasteiger partial charge in [-0.05, 0) is 43.4 Å². The van der Waals surface area contributed by atoms with E-state index in [4.69, 9.17) is 5.73 Å². The molecule has 0 spiro atoms. The SMILES string of the molecule is Cc1cccc(C)c1C(NC1CCCCC1)C(N)=O. The first kappa shape index (κ1) is 14.1. The Morgan fingerprint density at radius 1 is 1.21 bits per heavy atom. The molecular formula is C16H24N2O. The van der Waals surface area contributed by atoms with Gasteiger partial charge in [-0.3, -0.25) is 10.1 Å². The molecule has 1 aliphatic carbocycles. The van der Waals surface area contributed by atoms with Gasteiger partial charge in [0.1, 0.15) is 6.04 Å². The van der Waals surface area contributed by atoms with E-state index < -0.39 is 0 Å². The van der Waals surface area contributed by atoms with Crippen LogP contribution in [0.25, 0.3) is 0 Å². The lowest BCUT2D eigenvalue weighted by Crippen LogP contribution is -2.41. The highest BCUT2D eigenvalue weighted by Crippen LogP contribution is 2.25. The van der Waals surface area contributed by atoms with Crippen molar-refractivity contribution in [3.63, 3.8) is 0 Å². The summed E-state index contributed by atoms with van der Waals surface area (Å²) in [5.41, 5.74) is 8.94. The molecule has 1 aliphatic rings. The Morgan fingerprint density at radius 2 is 1.79 bits per heavy atom. The van der Waals surface area contributed by atoms with Crippen molar-refractivity contribution >= 4 is 5.91 Å². The van der Waals surface area contributed by atoms with E-state index >= 15 is 0 Å². The van der Waals surface area contributed by atoms with Crippen LogP contribution in [-0.2, 0) is 4.79 Å². The van der Waals surface area contributed by atoms with Gasteiger partial charge >= 0.3 is 0 Å². The number of amides is 1. The number of rotatable bonds is 4. The van der Waals surface area contributed by atoms with Gasteiger partial charge in [0.25, 0.3) is 0 Å². The van der Waals surface area contributed by atoms with Crippen LogP contribution in [0.3, 0.4) is 0 Å². The predicted molar refractivity (Wildman–Crippen MR) is 77.9 cm³/mol. The van der Waals surface area contributed by atoms with Gasteiger partial charge in [-0.2, -0.15) is 0 Å². The monoisotopic (exact) mass is 260 g/mol. The molecule has 3 nitrogen and oxygen atoms in total. The van der Waals surface area contributed by atoms with Gasteiger partial charge in [0.2, 0.25) is 5.91 Å². The third kappa shape index (κ3) is 3.35. The van der Waals surface area contributed by atoms with Crippen LogP contribution in [0.5, 0.6) is 0 Å². The molecule has 0 heterocycles. The number of benzene rings is 1. The summed E-state index contributed by atoms with van der Waals surface area (Å²) in [5, 5.41) is 3.48. The third-order valence-corrected chi connectivity index (χ3v) is 4.12. The second-order valence-electron chi connectivity index (χ2n) is 5.64. The number of carbonyl (C=O) groups excluding carboxylic acids is 1. The lowest BCUT2D eigenvalue weighted by molar-refractivity contribution is -0.120. The molecule has 1 saturated carbocycles. The van der Waals surface area contributed by atoms with Gasteiger partial charge in [-0.15, -0.1) is 0 Å². The van der Waals surface area contributed by atoms with E-state index in [1.165, 1.54) is 19.3 Å². The van der Waals surface area contributed by atoms with Crippen molar-refractivity contribution in [2.24, 2.45) is 5.73 Å². The van der Waals surface area contributed by atoms with Gasteiger partial charge in [-0.1, -0.05) is 37.5 Å². The summed E-state index contributed by atoms with van der Waals surface area (Å²) >= 11 is 0. The highest BCUT2D eigenvalue weighted by molar-refractivity contribution is 5.82. The third-order valence-electron chi connectivity index (χ3n) is 4.12. The van der Waals surface area contributed by atoms with Crippen molar-refractivity contribution in [2.75, 3.05) is 0 Å². The fourth-order valence-electron chi connectivity index (χ4n) is 3.10. The summed E-state index contributed by atoms with van der Waals surface area (Å²) in [7, 11) is 0. The Morgan fingerprint density at radius 3 is 2.32 bits per heavy atom. The first-order valence-electron chi connectivity index (χ1n) is 7.21. The van der Waals surface area contributed by atoms with E-state index in [-0.39, 0.29) is 11.9 Å². The van der Waals surface area contributed by atoms with Crippen LogP contribution < -0.4 is 11.1 Å². The van der Waals surface area contributed by atoms with Crippen molar-refractivity contribution in [2.45, 2.75) is 58.0 Å². The lowest BCUT2D eigenvalue weighted by Gasteiger charge is -2.28. The molecule has 0 saturated heterocycles. The highest BCUT2D eigenvalue weighted by atomic mass is 16.1. The molecule has 1 amide bonds. The molecule has 1 fully saturated rings. The van der Waals surface area contributed by atoms with E-state index in [9.17, 15) is 4.79 Å². The minimum Gasteiger partial charge on any atom is -0.368 e. The van der Waals surface area contributed by atoms with Crippen LogP contribution in [0.1, 0.15) is 54.8 Å². The molecular weight excluding hydrogens is 236 g/mol. The molecule has 0 bridgehead atoms. The Balaban J connectivity index is 2.22. The van der Waals surface area contributed by atoms with Gasteiger partial charge < -0.3 is 5.73 Å². The van der Waals surface area contributed by atoms with E-state index in [1.54, 1.807) is 0 Å². The topological polar surface area (TPSA) is 55.1 Å². The predicted octanol–water partition coefficient (Wildman–Crippen LogP) is 2.75. The Bertz CT molecular complexity index is 430. The maximum atomic E-state index is 11.8. The fraction of sp³-hybridized carbons (Fsp3) is 0.562. The molecule has 19 heavy (non-hydrogen) atoms. The average molecular weight is 260 g/mol. The summed E-state index contributed by atoms with van der Waals surface area (Å²) in [6.07, 6.45) is 6.10. The first-order valence-corrected chi connectivity index (χ1v) is 7.21. The quantitative estimate of drug-likeness (QED) is 0.874. The van der Waals surface area contributed by atoms with Crippen molar-refractivity contribution in [1.29, 1.82) is 0 Å². The molecule has 1 unspecified atom stereocenters. The number of primary amides is 1. The standard InChI is InChI=1S/C16H24N2O/c1-11-7-6-8-12(2)14(11)15(16(17)19)18-13-9-4-3-5-10-13/h6-8,13,15,18H,3-5,9-10H2,1-2H3,(H2,17,19). The largest absolute Gasteiger partial charge is 0.368 e. The molecule has 1 aromatic carbocycles. The Kier molecular flexibility index (Phi) is 4.59. The molecule has 0 aromatic heterocycles. The summed E-state index contributed by atoms with van der Waals surface area (Å²) in [6, 6.07) is 6.17. The number of aryl methyl sites for hydroxylation is 2. The van der Waals surface area contributed by atoms with E-state index in [2.05, 4.69) is 5.32 Å². The molecule has 3 N–H and O–H groups in total. The van der Waals surface area contributed by atoms with Gasteiger partial charge in [0.15, 0.2) is 0 Å². The van der Waals surface area contributed by atoms with Gasteiger partial charge in [0.05, 0.1) is 0 Å². The maximum Gasteiger partial charge on any atom is 0.239 e. The average Bonchev–Trinajstić information content (AvgIpc) is 2.38. The number of carbonyl (C=O) groups is 1.